The molecule has 0 aliphatic rings. The molecule has 0 unspecified atom stereocenters. The van der Waals surface area contributed by atoms with Crippen LogP contribution in [0.1, 0.15) is 18.1 Å². The van der Waals surface area contributed by atoms with Gasteiger partial charge in [0.05, 0.1) is 6.21 Å². The number of fused-ring (bicyclic) bond motifs is 1. The first-order valence-corrected chi connectivity index (χ1v) is 8.82. The van der Waals surface area contributed by atoms with E-state index in [-0.39, 0.29) is 0 Å². The van der Waals surface area contributed by atoms with Crippen molar-refractivity contribution < 1.29 is 19.5 Å². The lowest BCUT2D eigenvalue weighted by Crippen LogP contribution is -2.03. The van der Waals surface area contributed by atoms with Crippen molar-refractivity contribution in [1.29, 1.82) is 0 Å². The van der Waals surface area contributed by atoms with E-state index in [2.05, 4.69) is 9.72 Å². The van der Waals surface area contributed by atoms with E-state index in [0.717, 1.165) is 34.3 Å². The normalized spacial score (nSPS) is 11.2. The molecule has 0 amide bonds. The van der Waals surface area contributed by atoms with Crippen molar-refractivity contribution in [3.8, 4) is 5.75 Å². The van der Waals surface area contributed by atoms with Gasteiger partial charge >= 0.3 is 5.97 Å². The highest BCUT2D eigenvalue weighted by atomic mass is 35.5. The third-order valence-electron chi connectivity index (χ3n) is 3.97. The molecule has 0 saturated heterocycles. The number of aryl methyl sites for hydroxylation is 1. The van der Waals surface area contributed by atoms with Crippen LogP contribution in [0, 0.1) is 0 Å². The summed E-state index contributed by atoms with van der Waals surface area (Å²) in [4.78, 5) is 15.3. The van der Waals surface area contributed by atoms with Crippen molar-refractivity contribution in [1.82, 2.24) is 4.57 Å². The predicted octanol–water partition coefficient (Wildman–Crippen LogP) is 4.33. The lowest BCUT2D eigenvalue weighted by Gasteiger charge is -2.08. The van der Waals surface area contributed by atoms with E-state index >= 15 is 0 Å². The van der Waals surface area contributed by atoms with Gasteiger partial charge in [-0.15, -0.1) is 0 Å². The monoisotopic (exact) mass is 386 g/mol. The molecule has 0 aliphatic heterocycles. The van der Waals surface area contributed by atoms with Crippen LogP contribution in [-0.4, -0.2) is 28.5 Å². The SMILES string of the molecule is CCn1cc(C=NOCC(=O)O)c2cc(OCc3cccc(Cl)c3)ccc21. The zero-order valence-corrected chi connectivity index (χ0v) is 15.5. The molecule has 0 spiro atoms. The first-order valence-electron chi connectivity index (χ1n) is 8.44. The summed E-state index contributed by atoms with van der Waals surface area (Å²) in [6.45, 7) is 2.77. The Morgan fingerprint density at radius 3 is 2.89 bits per heavy atom. The molecule has 0 saturated carbocycles. The third kappa shape index (κ3) is 4.80. The number of carbonyl (C=O) groups is 1. The average Bonchev–Trinajstić information content (AvgIpc) is 3.01. The summed E-state index contributed by atoms with van der Waals surface area (Å²) >= 11 is 6.00. The molecule has 3 aromatic rings. The lowest BCUT2D eigenvalue weighted by molar-refractivity contribution is -0.142. The fourth-order valence-electron chi connectivity index (χ4n) is 2.74. The van der Waals surface area contributed by atoms with Gasteiger partial charge < -0.3 is 19.2 Å². The van der Waals surface area contributed by atoms with Crippen LogP contribution in [0.25, 0.3) is 10.9 Å². The molecular formula is C20H19ClN2O4. The summed E-state index contributed by atoms with van der Waals surface area (Å²) in [7, 11) is 0. The Balaban J connectivity index is 1.81. The van der Waals surface area contributed by atoms with Gasteiger partial charge in [0, 0.05) is 34.2 Å². The van der Waals surface area contributed by atoms with E-state index in [9.17, 15) is 4.79 Å². The molecule has 27 heavy (non-hydrogen) atoms. The Bertz CT molecular complexity index is 981. The lowest BCUT2D eigenvalue weighted by atomic mass is 10.2. The number of aliphatic carboxylic acids is 1. The van der Waals surface area contributed by atoms with Gasteiger partial charge in [0.2, 0.25) is 6.61 Å². The molecule has 3 rings (SSSR count). The number of ether oxygens (including phenoxy) is 1. The van der Waals surface area contributed by atoms with Crippen LogP contribution in [-0.2, 0) is 22.8 Å². The van der Waals surface area contributed by atoms with Gasteiger partial charge in [-0.2, -0.15) is 0 Å². The maximum atomic E-state index is 10.5. The molecule has 7 heteroatoms. The molecule has 0 radical (unpaired) electrons. The van der Waals surface area contributed by atoms with Gasteiger partial charge in [-0.3, -0.25) is 0 Å². The Labute approximate surface area is 161 Å². The van der Waals surface area contributed by atoms with E-state index in [4.69, 9.17) is 26.3 Å². The highest BCUT2D eigenvalue weighted by molar-refractivity contribution is 6.30. The molecule has 6 nitrogen and oxygen atoms in total. The highest BCUT2D eigenvalue weighted by Gasteiger charge is 2.08. The van der Waals surface area contributed by atoms with Gasteiger partial charge in [-0.1, -0.05) is 28.9 Å². The number of aromatic nitrogens is 1. The molecular weight excluding hydrogens is 368 g/mol. The number of oxime groups is 1. The molecule has 0 aliphatic carbocycles. The molecule has 1 heterocycles. The fraction of sp³-hybridized carbons (Fsp3) is 0.200. The quantitative estimate of drug-likeness (QED) is 0.462. The second-order valence-electron chi connectivity index (χ2n) is 5.87. The largest absolute Gasteiger partial charge is 0.489 e. The van der Waals surface area contributed by atoms with Crippen LogP contribution in [0.15, 0.2) is 53.8 Å². The predicted molar refractivity (Wildman–Crippen MR) is 105 cm³/mol. The summed E-state index contributed by atoms with van der Waals surface area (Å²) in [6, 6.07) is 13.4. The van der Waals surface area contributed by atoms with Crippen molar-refractivity contribution in [2.75, 3.05) is 6.61 Å². The van der Waals surface area contributed by atoms with Gasteiger partial charge in [-0.25, -0.2) is 4.79 Å². The first-order chi connectivity index (χ1) is 13.1. The maximum Gasteiger partial charge on any atom is 0.344 e. The minimum absolute atomic E-state index is 0.408. The Morgan fingerprint density at radius 2 is 2.15 bits per heavy atom. The summed E-state index contributed by atoms with van der Waals surface area (Å²) in [6.07, 6.45) is 3.46. The highest BCUT2D eigenvalue weighted by Crippen LogP contribution is 2.26. The molecule has 1 N–H and O–H groups in total. The van der Waals surface area contributed by atoms with E-state index in [1.807, 2.05) is 55.6 Å². The summed E-state index contributed by atoms with van der Waals surface area (Å²) in [5.74, 6) is -0.350. The zero-order chi connectivity index (χ0) is 19.2. The smallest absolute Gasteiger partial charge is 0.344 e. The second-order valence-corrected chi connectivity index (χ2v) is 6.31. The van der Waals surface area contributed by atoms with Gasteiger partial charge in [0.1, 0.15) is 12.4 Å². The van der Waals surface area contributed by atoms with Crippen LogP contribution < -0.4 is 4.74 Å². The van der Waals surface area contributed by atoms with Crippen LogP contribution in [0.3, 0.4) is 0 Å². The number of hydrogen-bond acceptors (Lipinski definition) is 4. The summed E-state index contributed by atoms with van der Waals surface area (Å²) < 4.78 is 7.97. The van der Waals surface area contributed by atoms with Gasteiger partial charge in [0.25, 0.3) is 0 Å². The van der Waals surface area contributed by atoms with E-state index < -0.39 is 12.6 Å². The van der Waals surface area contributed by atoms with Gasteiger partial charge in [0.15, 0.2) is 0 Å². The van der Waals surface area contributed by atoms with Gasteiger partial charge in [-0.05, 0) is 42.8 Å². The molecule has 0 bridgehead atoms. The minimum Gasteiger partial charge on any atom is -0.489 e. The van der Waals surface area contributed by atoms with Crippen LogP contribution in [0.5, 0.6) is 5.75 Å². The summed E-state index contributed by atoms with van der Waals surface area (Å²) in [5.41, 5.74) is 2.84. The number of hydrogen-bond donors (Lipinski definition) is 1. The Morgan fingerprint density at radius 1 is 1.30 bits per heavy atom. The van der Waals surface area contributed by atoms with Crippen molar-refractivity contribution in [3.05, 3.63) is 64.8 Å². The molecule has 0 atom stereocenters. The van der Waals surface area contributed by atoms with Crippen molar-refractivity contribution in [2.45, 2.75) is 20.1 Å². The zero-order valence-electron chi connectivity index (χ0n) is 14.8. The summed E-state index contributed by atoms with van der Waals surface area (Å²) in [5, 5.41) is 14.0. The third-order valence-corrected chi connectivity index (χ3v) is 4.21. The number of carboxylic acid groups (broad SMARTS) is 1. The van der Waals surface area contributed by atoms with E-state index in [1.54, 1.807) is 0 Å². The van der Waals surface area contributed by atoms with Crippen molar-refractivity contribution in [3.63, 3.8) is 0 Å². The first kappa shape index (κ1) is 18.8. The average molecular weight is 387 g/mol. The molecule has 140 valence electrons. The number of benzene rings is 2. The molecule has 0 fully saturated rings. The number of rotatable bonds is 8. The standard InChI is InChI=1S/C20H19ClN2O4/c1-2-23-11-15(10-22-27-13-20(24)25)18-9-17(6-7-19(18)23)26-12-14-4-3-5-16(21)8-14/h3-11H,2,12-13H2,1H3,(H,24,25). The number of halogens is 1. The maximum absolute atomic E-state index is 10.5. The van der Waals surface area contributed by atoms with Crippen LogP contribution in [0.4, 0.5) is 0 Å². The number of nitrogens with zero attached hydrogens (tertiary/aromatic N) is 2. The van der Waals surface area contributed by atoms with Crippen molar-refractivity contribution in [2.24, 2.45) is 5.16 Å². The topological polar surface area (TPSA) is 73.1 Å². The molecule has 1 aromatic heterocycles. The Hall–Kier alpha value is -2.99. The minimum atomic E-state index is -1.07. The Kier molecular flexibility index (Phi) is 5.98. The van der Waals surface area contributed by atoms with E-state index in [0.29, 0.717) is 11.6 Å². The second kappa shape index (κ2) is 8.60. The fourth-order valence-corrected chi connectivity index (χ4v) is 2.95. The number of carboxylic acids is 1. The van der Waals surface area contributed by atoms with Crippen LogP contribution in [0.2, 0.25) is 5.02 Å². The van der Waals surface area contributed by atoms with Crippen molar-refractivity contribution >= 4 is 34.7 Å². The van der Waals surface area contributed by atoms with Crippen LogP contribution >= 0.6 is 11.6 Å². The molecule has 2 aromatic carbocycles. The van der Waals surface area contributed by atoms with E-state index in [1.165, 1.54) is 6.21 Å².